The maximum absolute atomic E-state index is 15.2. The Morgan fingerprint density at radius 1 is 0.587 bits per heavy atom. The maximum Gasteiger partial charge on any atom is 0.200 e. The van der Waals surface area contributed by atoms with Gasteiger partial charge in [-0.1, -0.05) is 36.4 Å². The van der Waals surface area contributed by atoms with E-state index in [4.69, 9.17) is 9.47 Å². The van der Waals surface area contributed by atoms with Crippen molar-refractivity contribution in [3.05, 3.63) is 106 Å². The highest BCUT2D eigenvalue weighted by Crippen LogP contribution is 2.44. The van der Waals surface area contributed by atoms with Crippen LogP contribution < -0.4 is 9.47 Å². The first-order valence-corrected chi connectivity index (χ1v) is 16.5. The molecule has 8 heteroatoms. The molecule has 0 N–H and O–H groups in total. The fourth-order valence-corrected chi connectivity index (χ4v) is 7.18. The van der Waals surface area contributed by atoms with Crippen LogP contribution in [0.2, 0.25) is 0 Å². The lowest BCUT2D eigenvalue weighted by atomic mass is 9.76. The highest BCUT2D eigenvalue weighted by molar-refractivity contribution is 5.36. The molecule has 0 radical (unpaired) electrons. The molecule has 5 rings (SSSR count). The SMILES string of the molecule is CC=CCCc1ccc(C2CCC(COc3ccc(C4CCC(c5ccc(OCC)c(F)c5F)CC4)c(F)c3F)CC2)c(F)c1F. The van der Waals surface area contributed by atoms with Crippen LogP contribution in [0.1, 0.15) is 112 Å². The molecular formula is C38H42F6O2. The van der Waals surface area contributed by atoms with Gasteiger partial charge in [0.25, 0.3) is 0 Å². The summed E-state index contributed by atoms with van der Waals surface area (Å²) in [5, 5.41) is 0. The lowest BCUT2D eigenvalue weighted by Gasteiger charge is -2.30. The lowest BCUT2D eigenvalue weighted by molar-refractivity contribution is 0.191. The normalized spacial score (nSPS) is 21.9. The number of rotatable bonds is 11. The van der Waals surface area contributed by atoms with E-state index >= 15 is 8.78 Å². The van der Waals surface area contributed by atoms with Crippen molar-refractivity contribution in [2.75, 3.05) is 13.2 Å². The molecule has 0 aliphatic heterocycles. The van der Waals surface area contributed by atoms with E-state index in [9.17, 15) is 17.6 Å². The molecule has 0 spiro atoms. The van der Waals surface area contributed by atoms with Gasteiger partial charge in [-0.25, -0.2) is 17.6 Å². The summed E-state index contributed by atoms with van der Waals surface area (Å²) >= 11 is 0. The van der Waals surface area contributed by atoms with Crippen LogP contribution in [0.4, 0.5) is 26.3 Å². The minimum atomic E-state index is -1.03. The second-order valence-corrected chi connectivity index (χ2v) is 12.6. The molecule has 0 atom stereocenters. The van der Waals surface area contributed by atoms with Crippen molar-refractivity contribution in [1.29, 1.82) is 0 Å². The van der Waals surface area contributed by atoms with E-state index in [-0.39, 0.29) is 59.5 Å². The molecular weight excluding hydrogens is 602 g/mol. The Morgan fingerprint density at radius 3 is 1.54 bits per heavy atom. The van der Waals surface area contributed by atoms with Gasteiger partial charge in [-0.2, -0.15) is 8.78 Å². The molecule has 0 heterocycles. The van der Waals surface area contributed by atoms with E-state index in [0.29, 0.717) is 75.3 Å². The van der Waals surface area contributed by atoms with Crippen molar-refractivity contribution < 1.29 is 35.8 Å². The number of aryl methyl sites for hydroxylation is 1. The monoisotopic (exact) mass is 644 g/mol. The molecule has 0 amide bonds. The summed E-state index contributed by atoms with van der Waals surface area (Å²) in [4.78, 5) is 0. The molecule has 0 saturated heterocycles. The van der Waals surface area contributed by atoms with Crippen LogP contribution in [0.3, 0.4) is 0 Å². The van der Waals surface area contributed by atoms with E-state index in [1.54, 1.807) is 31.2 Å². The third-order valence-electron chi connectivity index (χ3n) is 9.83. The topological polar surface area (TPSA) is 18.5 Å². The van der Waals surface area contributed by atoms with Crippen molar-refractivity contribution in [1.82, 2.24) is 0 Å². The smallest absolute Gasteiger partial charge is 0.200 e. The zero-order chi connectivity index (χ0) is 32.8. The minimum Gasteiger partial charge on any atom is -0.491 e. The highest BCUT2D eigenvalue weighted by atomic mass is 19.2. The third-order valence-corrected chi connectivity index (χ3v) is 9.83. The van der Waals surface area contributed by atoms with Crippen LogP contribution in [0.15, 0.2) is 48.6 Å². The fraction of sp³-hybridized carbons (Fsp3) is 0.474. The Morgan fingerprint density at radius 2 is 1.04 bits per heavy atom. The summed E-state index contributed by atoms with van der Waals surface area (Å²) in [5.74, 6) is -6.11. The predicted molar refractivity (Wildman–Crippen MR) is 168 cm³/mol. The van der Waals surface area contributed by atoms with Crippen LogP contribution >= 0.6 is 0 Å². The van der Waals surface area contributed by atoms with Gasteiger partial charge in [-0.15, -0.1) is 0 Å². The number of ether oxygens (including phenoxy) is 2. The van der Waals surface area contributed by atoms with Gasteiger partial charge in [0.2, 0.25) is 11.6 Å². The lowest BCUT2D eigenvalue weighted by Crippen LogP contribution is -2.20. The van der Waals surface area contributed by atoms with Gasteiger partial charge >= 0.3 is 0 Å². The van der Waals surface area contributed by atoms with Crippen molar-refractivity contribution >= 4 is 0 Å². The van der Waals surface area contributed by atoms with Crippen LogP contribution in [0.5, 0.6) is 11.5 Å². The molecule has 3 aromatic rings. The van der Waals surface area contributed by atoms with Gasteiger partial charge in [-0.3, -0.25) is 0 Å². The Hall–Kier alpha value is -3.42. The summed E-state index contributed by atoms with van der Waals surface area (Å²) < 4.78 is 100.0. The summed E-state index contributed by atoms with van der Waals surface area (Å²) in [6.45, 7) is 4.02. The van der Waals surface area contributed by atoms with Gasteiger partial charge in [0.05, 0.1) is 13.2 Å². The number of benzene rings is 3. The van der Waals surface area contributed by atoms with Gasteiger partial charge < -0.3 is 9.47 Å². The molecule has 2 saturated carbocycles. The molecule has 0 unspecified atom stereocenters. The predicted octanol–water partition coefficient (Wildman–Crippen LogP) is 11.2. The second-order valence-electron chi connectivity index (χ2n) is 12.6. The molecule has 0 bridgehead atoms. The first kappa shape index (κ1) is 33.9. The average molecular weight is 645 g/mol. The second kappa shape index (κ2) is 15.4. The zero-order valence-electron chi connectivity index (χ0n) is 26.5. The molecule has 2 aliphatic carbocycles. The van der Waals surface area contributed by atoms with Crippen LogP contribution in [0, 0.1) is 40.8 Å². The Labute approximate surface area is 267 Å². The van der Waals surface area contributed by atoms with E-state index in [0.717, 1.165) is 0 Å². The van der Waals surface area contributed by atoms with Gasteiger partial charge in [0.15, 0.2) is 34.8 Å². The molecule has 2 fully saturated rings. The van der Waals surface area contributed by atoms with E-state index < -0.39 is 34.9 Å². The van der Waals surface area contributed by atoms with Crippen molar-refractivity contribution in [3.63, 3.8) is 0 Å². The van der Waals surface area contributed by atoms with Gasteiger partial charge in [-0.05, 0) is 136 Å². The van der Waals surface area contributed by atoms with Crippen molar-refractivity contribution in [3.8, 4) is 11.5 Å². The number of halogens is 6. The average Bonchev–Trinajstić information content (AvgIpc) is 3.07. The molecule has 0 aromatic heterocycles. The molecule has 2 aliphatic rings. The highest BCUT2D eigenvalue weighted by Gasteiger charge is 2.31. The Bertz CT molecular complexity index is 1520. The quantitative estimate of drug-likeness (QED) is 0.153. The summed E-state index contributed by atoms with van der Waals surface area (Å²) in [6, 6.07) is 9.40. The first-order chi connectivity index (χ1) is 22.2. The third kappa shape index (κ3) is 7.42. The Kier molecular flexibility index (Phi) is 11.4. The summed E-state index contributed by atoms with van der Waals surface area (Å²) in [7, 11) is 0. The molecule has 46 heavy (non-hydrogen) atoms. The number of hydrogen-bond acceptors (Lipinski definition) is 2. The zero-order valence-corrected chi connectivity index (χ0v) is 26.5. The molecule has 3 aromatic carbocycles. The van der Waals surface area contributed by atoms with Crippen molar-refractivity contribution in [2.45, 2.75) is 95.8 Å². The van der Waals surface area contributed by atoms with Gasteiger partial charge in [0, 0.05) is 0 Å². The maximum atomic E-state index is 15.2. The standard InChI is InChI=1S/C38H42F6O2/c1-3-5-6-7-27-16-17-28(34(40)33(27)39)24-10-8-23(9-11-24)22-46-32-21-19-30(36(42)38(32)44)26-14-12-25(13-15-26)29-18-20-31(45-4-2)37(43)35(29)41/h3,5,16-21,23-26H,4,6-15,22H2,1-2H3. The van der Waals surface area contributed by atoms with Crippen LogP contribution in [-0.4, -0.2) is 13.2 Å². The largest absolute Gasteiger partial charge is 0.491 e. The van der Waals surface area contributed by atoms with Crippen LogP contribution in [-0.2, 0) is 6.42 Å². The first-order valence-electron chi connectivity index (χ1n) is 16.5. The van der Waals surface area contributed by atoms with Gasteiger partial charge in [0.1, 0.15) is 0 Å². The Balaban J connectivity index is 1.13. The van der Waals surface area contributed by atoms with E-state index in [1.807, 2.05) is 19.1 Å². The minimum absolute atomic E-state index is 0.0921. The number of allylic oxidation sites excluding steroid dienone is 2. The van der Waals surface area contributed by atoms with Crippen LogP contribution in [0.25, 0.3) is 0 Å². The van der Waals surface area contributed by atoms with E-state index in [1.165, 1.54) is 12.1 Å². The summed E-state index contributed by atoms with van der Waals surface area (Å²) in [6.07, 6.45) is 9.73. The molecule has 2 nitrogen and oxygen atoms in total. The molecule has 248 valence electrons. The summed E-state index contributed by atoms with van der Waals surface area (Å²) in [5.41, 5.74) is 1.34. The fourth-order valence-electron chi connectivity index (χ4n) is 7.18. The number of hydrogen-bond donors (Lipinski definition) is 0. The van der Waals surface area contributed by atoms with Crippen molar-refractivity contribution in [2.24, 2.45) is 5.92 Å². The van der Waals surface area contributed by atoms with E-state index in [2.05, 4.69) is 0 Å².